The van der Waals surface area contributed by atoms with E-state index in [-0.39, 0.29) is 10.5 Å². The summed E-state index contributed by atoms with van der Waals surface area (Å²) in [5.41, 5.74) is 0.931. The van der Waals surface area contributed by atoms with Crippen LogP contribution in [0.2, 0.25) is 0 Å². The molecule has 7 heteroatoms. The van der Waals surface area contributed by atoms with E-state index < -0.39 is 26.5 Å². The number of nitrogens with zero attached hydrogens (tertiary/aromatic N) is 1. The lowest BCUT2D eigenvalue weighted by Crippen LogP contribution is -2.48. The Hall–Kier alpha value is -2.67. The second-order valence-electron chi connectivity index (χ2n) is 6.49. The van der Waals surface area contributed by atoms with Crippen molar-refractivity contribution in [2.24, 2.45) is 5.92 Å². The van der Waals surface area contributed by atoms with Crippen LogP contribution in [0.4, 0.5) is 0 Å². The summed E-state index contributed by atoms with van der Waals surface area (Å²) in [7, 11) is -2.85. The van der Waals surface area contributed by atoms with Crippen LogP contribution in [0.15, 0.2) is 65.3 Å². The molecule has 0 aliphatic carbocycles. The van der Waals surface area contributed by atoms with Crippen molar-refractivity contribution in [2.75, 3.05) is 7.11 Å². The van der Waals surface area contributed by atoms with E-state index in [2.05, 4.69) is 4.98 Å². The number of aromatic nitrogens is 1. The minimum absolute atomic E-state index is 0.0939. The van der Waals surface area contributed by atoms with Crippen LogP contribution in [-0.4, -0.2) is 31.6 Å². The van der Waals surface area contributed by atoms with Crippen molar-refractivity contribution in [1.29, 1.82) is 0 Å². The van der Waals surface area contributed by atoms with E-state index in [0.717, 1.165) is 5.57 Å². The molecule has 0 aliphatic rings. The summed E-state index contributed by atoms with van der Waals surface area (Å²) >= 11 is 0. The van der Waals surface area contributed by atoms with Gasteiger partial charge in [-0.2, -0.15) is 0 Å². The first-order valence-corrected chi connectivity index (χ1v) is 9.83. The van der Waals surface area contributed by atoms with Gasteiger partial charge < -0.3 is 9.84 Å². The maximum absolute atomic E-state index is 13.6. The third kappa shape index (κ3) is 3.60. The maximum atomic E-state index is 13.6. The van der Waals surface area contributed by atoms with Crippen molar-refractivity contribution in [3.8, 4) is 5.75 Å². The van der Waals surface area contributed by atoms with Crippen molar-refractivity contribution in [2.45, 2.75) is 30.4 Å². The summed E-state index contributed by atoms with van der Waals surface area (Å²) in [6, 6.07) is 8.72. The molecule has 1 heterocycles. The molecule has 0 saturated carbocycles. The average molecular weight is 389 g/mol. The number of carboxylic acids is 1. The SMILES string of the molecule is COc1ccc(S(=O)(=O)C(C(=O)O)(c2cccnc2)C(C)C=C(C)C)cc1. The fourth-order valence-electron chi connectivity index (χ4n) is 3.24. The lowest BCUT2D eigenvalue weighted by molar-refractivity contribution is -0.141. The van der Waals surface area contributed by atoms with Gasteiger partial charge in [-0.15, -0.1) is 0 Å². The van der Waals surface area contributed by atoms with Crippen LogP contribution in [0.3, 0.4) is 0 Å². The van der Waals surface area contributed by atoms with Gasteiger partial charge in [-0.1, -0.05) is 24.6 Å². The third-order valence-electron chi connectivity index (χ3n) is 4.43. The van der Waals surface area contributed by atoms with Crippen LogP contribution in [0.5, 0.6) is 5.75 Å². The van der Waals surface area contributed by atoms with E-state index in [1.165, 1.54) is 55.9 Å². The zero-order chi connectivity index (χ0) is 20.2. The van der Waals surface area contributed by atoms with Gasteiger partial charge in [0.1, 0.15) is 5.75 Å². The third-order valence-corrected chi connectivity index (χ3v) is 6.95. The van der Waals surface area contributed by atoms with E-state index in [1.807, 2.05) is 0 Å². The molecule has 1 aromatic heterocycles. The highest BCUT2D eigenvalue weighted by atomic mass is 32.2. The van der Waals surface area contributed by atoms with Gasteiger partial charge in [-0.3, -0.25) is 9.78 Å². The number of hydrogen-bond donors (Lipinski definition) is 1. The normalized spacial score (nSPS) is 14.7. The van der Waals surface area contributed by atoms with Gasteiger partial charge in [0, 0.05) is 23.9 Å². The van der Waals surface area contributed by atoms with Gasteiger partial charge in [-0.05, 0) is 44.2 Å². The predicted octanol–water partition coefficient (Wildman–Crippen LogP) is 3.45. The Morgan fingerprint density at radius 3 is 2.30 bits per heavy atom. The van der Waals surface area contributed by atoms with Crippen molar-refractivity contribution < 1.29 is 23.1 Å². The zero-order valence-electron chi connectivity index (χ0n) is 15.7. The van der Waals surface area contributed by atoms with Gasteiger partial charge >= 0.3 is 5.97 Å². The number of aliphatic carboxylic acids is 1. The number of sulfone groups is 1. The summed E-state index contributed by atoms with van der Waals surface area (Å²) in [4.78, 5) is 16.4. The van der Waals surface area contributed by atoms with Gasteiger partial charge in [0.2, 0.25) is 4.75 Å². The van der Waals surface area contributed by atoms with E-state index in [4.69, 9.17) is 4.74 Å². The fraction of sp³-hybridized carbons (Fsp3) is 0.300. The molecule has 2 atom stereocenters. The largest absolute Gasteiger partial charge is 0.497 e. The van der Waals surface area contributed by atoms with E-state index >= 15 is 0 Å². The molecule has 0 aliphatic heterocycles. The highest BCUT2D eigenvalue weighted by molar-refractivity contribution is 7.93. The summed E-state index contributed by atoms with van der Waals surface area (Å²) in [5, 5.41) is 10.2. The minimum atomic E-state index is -4.32. The van der Waals surface area contributed by atoms with Gasteiger partial charge in [0.05, 0.1) is 12.0 Å². The first-order valence-electron chi connectivity index (χ1n) is 8.35. The first kappa shape index (κ1) is 20.6. The average Bonchev–Trinajstić information content (AvgIpc) is 2.62. The van der Waals surface area contributed by atoms with Crippen molar-refractivity contribution in [3.05, 3.63) is 66.0 Å². The summed E-state index contributed by atoms with van der Waals surface area (Å²) in [6.07, 6.45) is 4.43. The highest BCUT2D eigenvalue weighted by Crippen LogP contribution is 2.43. The van der Waals surface area contributed by atoms with E-state index in [1.54, 1.807) is 26.8 Å². The van der Waals surface area contributed by atoms with Crippen LogP contribution < -0.4 is 4.74 Å². The molecule has 2 aromatic rings. The van der Waals surface area contributed by atoms with Crippen LogP contribution in [0.25, 0.3) is 0 Å². The second kappa shape index (κ2) is 7.92. The predicted molar refractivity (Wildman–Crippen MR) is 102 cm³/mol. The molecule has 0 fully saturated rings. The van der Waals surface area contributed by atoms with Crippen molar-refractivity contribution in [3.63, 3.8) is 0 Å². The zero-order valence-corrected chi connectivity index (χ0v) is 16.5. The molecule has 144 valence electrons. The van der Waals surface area contributed by atoms with Crippen LogP contribution in [0, 0.1) is 5.92 Å². The molecule has 2 rings (SSSR count). The molecule has 27 heavy (non-hydrogen) atoms. The Morgan fingerprint density at radius 2 is 1.85 bits per heavy atom. The Kier molecular flexibility index (Phi) is 6.05. The van der Waals surface area contributed by atoms with Crippen LogP contribution in [-0.2, 0) is 19.4 Å². The second-order valence-corrected chi connectivity index (χ2v) is 8.62. The number of hydrogen-bond acceptors (Lipinski definition) is 5. The molecule has 0 saturated heterocycles. The molecular weight excluding hydrogens is 366 g/mol. The van der Waals surface area contributed by atoms with E-state index in [9.17, 15) is 18.3 Å². The Balaban J connectivity index is 2.85. The van der Waals surface area contributed by atoms with Gasteiger partial charge in [0.15, 0.2) is 9.84 Å². The number of carboxylic acid groups (broad SMARTS) is 1. The molecule has 0 bridgehead atoms. The first-order chi connectivity index (χ1) is 12.7. The molecule has 0 spiro atoms. The minimum Gasteiger partial charge on any atom is -0.497 e. The molecule has 0 radical (unpaired) electrons. The lowest BCUT2D eigenvalue weighted by atomic mass is 9.86. The summed E-state index contributed by atoms with van der Waals surface area (Å²) < 4.78 is 30.1. The van der Waals surface area contributed by atoms with Gasteiger partial charge in [0.25, 0.3) is 0 Å². The fourth-order valence-corrected chi connectivity index (χ4v) is 5.32. The van der Waals surface area contributed by atoms with Crippen LogP contribution in [0.1, 0.15) is 26.3 Å². The molecule has 1 aromatic carbocycles. The van der Waals surface area contributed by atoms with E-state index in [0.29, 0.717) is 5.75 Å². The molecule has 6 nitrogen and oxygen atoms in total. The smallest absolute Gasteiger partial charge is 0.330 e. The number of methoxy groups -OCH3 is 1. The standard InChI is InChI=1S/C20H23NO5S/c1-14(2)12-15(3)20(19(22)23,16-6-5-11-21-13-16)27(24,25)18-9-7-17(26-4)8-10-18/h5-13,15H,1-4H3,(H,22,23). The van der Waals surface area contributed by atoms with Gasteiger partial charge in [-0.25, -0.2) is 8.42 Å². The number of rotatable bonds is 7. The maximum Gasteiger partial charge on any atom is 0.330 e. The molecule has 2 unspecified atom stereocenters. The monoisotopic (exact) mass is 389 g/mol. The highest BCUT2D eigenvalue weighted by Gasteiger charge is 2.56. The lowest BCUT2D eigenvalue weighted by Gasteiger charge is -2.34. The Labute approximate surface area is 159 Å². The number of pyridine rings is 1. The number of allylic oxidation sites excluding steroid dienone is 2. The summed E-state index contributed by atoms with van der Waals surface area (Å²) in [6.45, 7) is 5.19. The quantitative estimate of drug-likeness (QED) is 0.729. The molecular formula is C20H23NO5S. The topological polar surface area (TPSA) is 93.6 Å². The Bertz CT molecular complexity index is 932. The number of carbonyl (C=O) groups is 1. The Morgan fingerprint density at radius 1 is 1.22 bits per heavy atom. The van der Waals surface area contributed by atoms with Crippen molar-refractivity contribution >= 4 is 15.8 Å². The van der Waals surface area contributed by atoms with Crippen molar-refractivity contribution in [1.82, 2.24) is 4.98 Å². The molecule has 1 N–H and O–H groups in total. The number of ether oxygens (including phenoxy) is 1. The van der Waals surface area contributed by atoms with Crippen LogP contribution >= 0.6 is 0 Å². The number of benzene rings is 1. The summed E-state index contributed by atoms with van der Waals surface area (Å²) in [5.74, 6) is -1.80. The molecule has 0 amide bonds.